The molecule has 0 aromatic carbocycles. The van der Waals surface area contributed by atoms with E-state index in [4.69, 9.17) is 6.58 Å². The molecular formula is C7H10Y-2. The topological polar surface area (TPSA) is 0 Å². The van der Waals surface area contributed by atoms with Gasteiger partial charge in [-0.3, -0.25) is 0 Å². The van der Waals surface area contributed by atoms with Crippen LogP contribution >= 0.6 is 0 Å². The zero-order valence-corrected chi connectivity index (χ0v) is 8.28. The van der Waals surface area contributed by atoms with Gasteiger partial charge in [-0.25, -0.2) is 0 Å². The Morgan fingerprint density at radius 1 is 1.75 bits per heavy atom. The molecule has 0 fully saturated rings. The second-order valence-corrected chi connectivity index (χ2v) is 1.36. The number of hydrogen-bond acceptors (Lipinski definition) is 0. The maximum atomic E-state index is 5.38. The molecule has 0 nitrogen and oxygen atoms in total. The van der Waals surface area contributed by atoms with Crippen LogP contribution in [-0.2, 0) is 32.7 Å². The Labute approximate surface area is 76.9 Å². The average molecular weight is 183 g/mol. The van der Waals surface area contributed by atoms with Gasteiger partial charge in [-0.05, 0) is 0 Å². The molecular weight excluding hydrogens is 173 g/mol. The molecule has 0 atom stereocenters. The van der Waals surface area contributed by atoms with Crippen molar-refractivity contribution >= 4 is 0 Å². The molecule has 0 heterocycles. The second-order valence-electron chi connectivity index (χ2n) is 1.36. The quantitative estimate of drug-likeness (QED) is 0.454. The fraction of sp³-hybridized carbons (Fsp3) is 0.429. The molecule has 0 saturated heterocycles. The molecule has 0 bridgehead atoms. The minimum atomic E-state index is 0. The summed E-state index contributed by atoms with van der Waals surface area (Å²) in [7, 11) is 0. The summed E-state index contributed by atoms with van der Waals surface area (Å²) in [5.41, 5.74) is 0.891. The van der Waals surface area contributed by atoms with E-state index in [1.165, 1.54) is 0 Å². The standard InChI is InChI=1S/C7H10.Y/c1-4-6-7(3)5-2;/h3,6H,5H2,1-2H3;/q-2;. The summed E-state index contributed by atoms with van der Waals surface area (Å²) < 4.78 is 0. The van der Waals surface area contributed by atoms with Crippen molar-refractivity contribution in [2.45, 2.75) is 20.3 Å². The Hall–Kier alpha value is 0.584. The smallest absolute Gasteiger partial charge is 0 e. The van der Waals surface area contributed by atoms with E-state index < -0.39 is 0 Å². The summed E-state index contributed by atoms with van der Waals surface area (Å²) in [5.74, 6) is 0. The van der Waals surface area contributed by atoms with Gasteiger partial charge in [-0.15, -0.1) is 13.3 Å². The Bertz CT molecular complexity index is 82.4. The van der Waals surface area contributed by atoms with Crippen LogP contribution in [0.3, 0.4) is 0 Å². The molecule has 0 aromatic heterocycles. The second kappa shape index (κ2) is 7.58. The largest absolute Gasteiger partial charge is 0.391 e. The fourth-order valence-corrected chi connectivity index (χ4v) is 0.287. The van der Waals surface area contributed by atoms with E-state index >= 15 is 0 Å². The van der Waals surface area contributed by atoms with E-state index in [9.17, 15) is 0 Å². The fourth-order valence-electron chi connectivity index (χ4n) is 0.287. The van der Waals surface area contributed by atoms with E-state index in [1.54, 1.807) is 6.08 Å². The van der Waals surface area contributed by atoms with Crippen LogP contribution in [0.4, 0.5) is 0 Å². The molecule has 0 amide bonds. The first kappa shape index (κ1) is 11.4. The van der Waals surface area contributed by atoms with E-state index in [1.807, 2.05) is 13.8 Å². The van der Waals surface area contributed by atoms with Crippen LogP contribution < -0.4 is 0 Å². The van der Waals surface area contributed by atoms with Crippen molar-refractivity contribution in [3.63, 3.8) is 0 Å². The first-order chi connectivity index (χ1) is 3.31. The van der Waals surface area contributed by atoms with Gasteiger partial charge in [0.1, 0.15) is 0 Å². The van der Waals surface area contributed by atoms with Crippen LogP contribution in [0.25, 0.3) is 0 Å². The van der Waals surface area contributed by atoms with E-state index in [0.29, 0.717) is 0 Å². The monoisotopic (exact) mass is 183 g/mol. The van der Waals surface area contributed by atoms with Gasteiger partial charge in [0.05, 0.1) is 0 Å². The molecule has 0 N–H and O–H groups in total. The van der Waals surface area contributed by atoms with Gasteiger partial charge >= 0.3 is 0 Å². The summed E-state index contributed by atoms with van der Waals surface area (Å²) in [6.07, 6.45) is 5.54. The molecule has 8 heavy (non-hydrogen) atoms. The third kappa shape index (κ3) is 6.58. The van der Waals surface area contributed by atoms with Crippen LogP contribution in [0.1, 0.15) is 20.3 Å². The van der Waals surface area contributed by atoms with Gasteiger partial charge in [0.2, 0.25) is 0 Å². The van der Waals surface area contributed by atoms with Gasteiger partial charge < -0.3 is 24.3 Å². The zero-order chi connectivity index (χ0) is 5.70. The van der Waals surface area contributed by atoms with Crippen molar-refractivity contribution in [2.24, 2.45) is 0 Å². The summed E-state index contributed by atoms with van der Waals surface area (Å²) in [6.45, 7) is 9.23. The van der Waals surface area contributed by atoms with E-state index in [0.717, 1.165) is 12.0 Å². The summed E-state index contributed by atoms with van der Waals surface area (Å²) in [6, 6.07) is 0. The molecule has 0 unspecified atom stereocenters. The van der Waals surface area contributed by atoms with Crippen LogP contribution in [-0.4, -0.2) is 0 Å². The summed E-state index contributed by atoms with van der Waals surface area (Å²) in [5, 5.41) is 0. The molecule has 0 aromatic rings. The van der Waals surface area contributed by atoms with Crippen molar-refractivity contribution in [1.82, 2.24) is 0 Å². The molecule has 0 saturated carbocycles. The normalized spacial score (nSPS) is 8.75. The molecule has 0 aliphatic heterocycles. The van der Waals surface area contributed by atoms with Crippen LogP contribution in [0.15, 0.2) is 11.6 Å². The number of allylic oxidation sites excluding steroid dienone is 3. The first-order valence-corrected chi connectivity index (χ1v) is 2.43. The van der Waals surface area contributed by atoms with Gasteiger partial charge in [-0.2, -0.15) is 0 Å². The van der Waals surface area contributed by atoms with Gasteiger partial charge in [0, 0.05) is 32.7 Å². The minimum Gasteiger partial charge on any atom is -0.391 e. The van der Waals surface area contributed by atoms with Gasteiger partial charge in [0.15, 0.2) is 0 Å². The molecule has 0 aliphatic carbocycles. The Morgan fingerprint density at radius 2 is 2.25 bits per heavy atom. The third-order valence-electron chi connectivity index (χ3n) is 0.738. The summed E-state index contributed by atoms with van der Waals surface area (Å²) in [4.78, 5) is 0. The molecule has 1 radical (unpaired) electrons. The minimum absolute atomic E-state index is 0. The Balaban J connectivity index is 0. The predicted octanol–water partition coefficient (Wildman–Crippen LogP) is 2.13. The van der Waals surface area contributed by atoms with E-state index in [2.05, 4.69) is 6.08 Å². The van der Waals surface area contributed by atoms with Crippen LogP contribution in [0.2, 0.25) is 0 Å². The van der Waals surface area contributed by atoms with Crippen LogP contribution in [0.5, 0.6) is 0 Å². The maximum absolute atomic E-state index is 5.38. The number of hydrogen-bond donors (Lipinski definition) is 0. The maximum Gasteiger partial charge on any atom is 0 e. The van der Waals surface area contributed by atoms with Crippen molar-refractivity contribution in [3.05, 3.63) is 24.3 Å². The first-order valence-electron chi connectivity index (χ1n) is 2.43. The SMILES string of the molecule is [CH-]=C(C=[C-]C)CC.[Y]. The summed E-state index contributed by atoms with van der Waals surface area (Å²) >= 11 is 0. The zero-order valence-electron chi connectivity index (χ0n) is 5.44. The van der Waals surface area contributed by atoms with Crippen molar-refractivity contribution in [1.29, 1.82) is 0 Å². The Morgan fingerprint density at radius 3 is 2.38 bits per heavy atom. The number of rotatable bonds is 2. The molecule has 43 valence electrons. The van der Waals surface area contributed by atoms with Crippen molar-refractivity contribution in [2.75, 3.05) is 0 Å². The van der Waals surface area contributed by atoms with Gasteiger partial charge in [0.25, 0.3) is 0 Å². The predicted molar refractivity (Wildman–Crippen MR) is 31.6 cm³/mol. The molecule has 0 rings (SSSR count). The third-order valence-corrected chi connectivity index (χ3v) is 0.738. The average Bonchev–Trinajstić information content (AvgIpc) is 1.68. The molecule has 0 aliphatic rings. The van der Waals surface area contributed by atoms with Crippen LogP contribution in [0, 0.1) is 12.7 Å². The van der Waals surface area contributed by atoms with E-state index in [-0.39, 0.29) is 32.7 Å². The van der Waals surface area contributed by atoms with Crippen molar-refractivity contribution < 1.29 is 32.7 Å². The van der Waals surface area contributed by atoms with Crippen molar-refractivity contribution in [3.8, 4) is 0 Å². The van der Waals surface area contributed by atoms with Gasteiger partial charge in [-0.1, -0.05) is 6.92 Å². The Kier molecular flexibility index (Phi) is 10.8. The molecule has 1 heteroatoms. The molecule has 0 spiro atoms.